The number of alkyl carbamates (subject to hydrolysis) is 2. The van der Waals surface area contributed by atoms with Gasteiger partial charge in [0.05, 0.1) is 47.7 Å². The van der Waals surface area contributed by atoms with Gasteiger partial charge in [-0.25, -0.2) is 9.59 Å². The number of amides is 2. The Labute approximate surface area is 243 Å². The third kappa shape index (κ3) is 10.8. The third-order valence-electron chi connectivity index (χ3n) is 4.67. The van der Waals surface area contributed by atoms with Gasteiger partial charge in [-0.05, 0) is 47.6 Å². The molecule has 0 aliphatic carbocycles. The Kier molecular flexibility index (Phi) is 11.4. The standard InChI is InChI=1S/C27H33Cl2N5O6/c1-26(2,3)39-24(35)33-11-17(12-34-25(36)40-27(4,5)6)38-22-9-21(32-15-23(22)37-7)16(10-30)8-18-19(28)13-31-14-20(18)29/h8-9,13-15,17H,11-12H2,1-7H3,(H,33,35)(H,34,36). The van der Waals surface area contributed by atoms with Crippen molar-refractivity contribution in [3.63, 3.8) is 0 Å². The summed E-state index contributed by atoms with van der Waals surface area (Å²) in [5, 5.41) is 15.6. The number of carbonyl (C=O) groups excluding carboxylic acids is 2. The molecule has 0 bridgehead atoms. The first-order chi connectivity index (χ1) is 18.6. The topological polar surface area (TPSA) is 145 Å². The molecular formula is C27H33Cl2N5O6. The van der Waals surface area contributed by atoms with Crippen LogP contribution in [0.15, 0.2) is 24.7 Å². The number of rotatable bonds is 9. The monoisotopic (exact) mass is 593 g/mol. The fourth-order valence-electron chi connectivity index (χ4n) is 3.04. The zero-order valence-corrected chi connectivity index (χ0v) is 24.9. The summed E-state index contributed by atoms with van der Waals surface area (Å²) in [5.41, 5.74) is -0.645. The molecule has 0 aliphatic rings. The second kappa shape index (κ2) is 14.1. The van der Waals surface area contributed by atoms with Crippen LogP contribution in [-0.4, -0.2) is 59.7 Å². The van der Waals surface area contributed by atoms with Crippen molar-refractivity contribution in [1.82, 2.24) is 20.6 Å². The molecule has 216 valence electrons. The minimum absolute atomic E-state index is 0.0469. The second-order valence-electron chi connectivity index (χ2n) is 10.4. The SMILES string of the molecule is COc1cnc(C(C#N)=Cc2c(Cl)cncc2Cl)cc1OC(CNC(=O)OC(C)(C)C)CNC(=O)OC(C)(C)C. The Bertz CT molecular complexity index is 1230. The van der Waals surface area contributed by atoms with Crippen LogP contribution >= 0.6 is 23.2 Å². The van der Waals surface area contributed by atoms with Gasteiger partial charge in [-0.3, -0.25) is 9.97 Å². The first-order valence-corrected chi connectivity index (χ1v) is 12.9. The molecule has 2 amide bonds. The number of nitrogens with one attached hydrogen (secondary N) is 2. The van der Waals surface area contributed by atoms with Crippen LogP contribution in [0.3, 0.4) is 0 Å². The summed E-state index contributed by atoms with van der Waals surface area (Å²) in [4.78, 5) is 32.7. The molecular weight excluding hydrogens is 561 g/mol. The van der Waals surface area contributed by atoms with E-state index >= 15 is 0 Å². The molecule has 0 fully saturated rings. The third-order valence-corrected chi connectivity index (χ3v) is 5.27. The molecule has 2 rings (SSSR count). The predicted molar refractivity (Wildman–Crippen MR) is 151 cm³/mol. The van der Waals surface area contributed by atoms with E-state index in [4.69, 9.17) is 42.1 Å². The Morgan fingerprint density at radius 3 is 1.95 bits per heavy atom. The van der Waals surface area contributed by atoms with Crippen molar-refractivity contribution in [3.8, 4) is 17.6 Å². The summed E-state index contributed by atoms with van der Waals surface area (Å²) in [6, 6.07) is 3.57. The molecule has 13 heteroatoms. The highest BCUT2D eigenvalue weighted by Crippen LogP contribution is 2.32. The number of halogens is 2. The van der Waals surface area contributed by atoms with Crippen LogP contribution in [0.2, 0.25) is 10.0 Å². The van der Waals surface area contributed by atoms with E-state index in [9.17, 15) is 14.9 Å². The van der Waals surface area contributed by atoms with Crippen LogP contribution in [0.1, 0.15) is 52.8 Å². The molecule has 0 aromatic carbocycles. The molecule has 2 aromatic rings. The second-order valence-corrected chi connectivity index (χ2v) is 11.2. The minimum atomic E-state index is -0.803. The highest BCUT2D eigenvalue weighted by Gasteiger charge is 2.22. The average Bonchev–Trinajstić information content (AvgIpc) is 2.83. The summed E-state index contributed by atoms with van der Waals surface area (Å²) in [7, 11) is 1.42. The molecule has 2 N–H and O–H groups in total. The van der Waals surface area contributed by atoms with E-state index in [-0.39, 0.29) is 45.9 Å². The van der Waals surface area contributed by atoms with Gasteiger partial charge in [-0.15, -0.1) is 0 Å². The lowest BCUT2D eigenvalue weighted by molar-refractivity contribution is 0.0474. The Morgan fingerprint density at radius 2 is 1.50 bits per heavy atom. The van der Waals surface area contributed by atoms with E-state index < -0.39 is 29.5 Å². The number of carbonyl (C=O) groups is 2. The lowest BCUT2D eigenvalue weighted by atomic mass is 10.1. The molecule has 40 heavy (non-hydrogen) atoms. The van der Waals surface area contributed by atoms with Crippen molar-refractivity contribution >= 4 is 47.0 Å². The molecule has 0 unspecified atom stereocenters. The summed E-state index contributed by atoms with van der Waals surface area (Å²) < 4.78 is 22.1. The van der Waals surface area contributed by atoms with E-state index in [1.54, 1.807) is 41.5 Å². The number of hydrogen-bond donors (Lipinski definition) is 2. The normalized spacial score (nSPS) is 11.9. The van der Waals surface area contributed by atoms with Crippen LogP contribution in [0, 0.1) is 11.3 Å². The zero-order chi connectivity index (χ0) is 30.1. The van der Waals surface area contributed by atoms with Crippen molar-refractivity contribution in [3.05, 3.63) is 46.0 Å². The zero-order valence-electron chi connectivity index (χ0n) is 23.4. The Hall–Kier alpha value is -3.75. The highest BCUT2D eigenvalue weighted by atomic mass is 35.5. The van der Waals surface area contributed by atoms with Crippen molar-refractivity contribution < 1.29 is 28.5 Å². The van der Waals surface area contributed by atoms with Crippen molar-refractivity contribution in [1.29, 1.82) is 5.26 Å². The molecule has 0 spiro atoms. The van der Waals surface area contributed by atoms with Crippen molar-refractivity contribution in [2.75, 3.05) is 20.2 Å². The van der Waals surface area contributed by atoms with Crippen LogP contribution in [-0.2, 0) is 9.47 Å². The molecule has 0 atom stereocenters. The summed E-state index contributed by atoms with van der Waals surface area (Å²) >= 11 is 12.4. The van der Waals surface area contributed by atoms with E-state index in [1.807, 2.05) is 0 Å². The number of allylic oxidation sites excluding steroid dienone is 1. The van der Waals surface area contributed by atoms with Gasteiger partial charge < -0.3 is 29.6 Å². The van der Waals surface area contributed by atoms with Crippen LogP contribution in [0.5, 0.6) is 11.5 Å². The van der Waals surface area contributed by atoms with Gasteiger partial charge >= 0.3 is 12.2 Å². The number of pyridine rings is 2. The van der Waals surface area contributed by atoms with Crippen molar-refractivity contribution in [2.24, 2.45) is 0 Å². The lowest BCUT2D eigenvalue weighted by Crippen LogP contribution is -2.45. The van der Waals surface area contributed by atoms with Crippen LogP contribution in [0.25, 0.3) is 11.6 Å². The number of ether oxygens (including phenoxy) is 4. The number of hydrogen-bond acceptors (Lipinski definition) is 9. The molecule has 2 aromatic heterocycles. The fourth-order valence-corrected chi connectivity index (χ4v) is 3.52. The number of aromatic nitrogens is 2. The van der Waals surface area contributed by atoms with E-state index in [0.29, 0.717) is 5.56 Å². The van der Waals surface area contributed by atoms with Crippen LogP contribution in [0.4, 0.5) is 9.59 Å². The predicted octanol–water partition coefficient (Wildman–Crippen LogP) is 5.65. The van der Waals surface area contributed by atoms with Gasteiger partial charge in [0.2, 0.25) is 0 Å². The maximum Gasteiger partial charge on any atom is 0.407 e. The van der Waals surface area contributed by atoms with E-state index in [2.05, 4.69) is 26.7 Å². The molecule has 0 aliphatic heterocycles. The smallest absolute Gasteiger partial charge is 0.407 e. The molecule has 0 radical (unpaired) electrons. The molecule has 0 saturated carbocycles. The van der Waals surface area contributed by atoms with Gasteiger partial charge in [0, 0.05) is 24.0 Å². The van der Waals surface area contributed by atoms with E-state index in [1.165, 1.54) is 37.8 Å². The summed E-state index contributed by atoms with van der Waals surface area (Å²) in [5.74, 6) is 0.447. The summed E-state index contributed by atoms with van der Waals surface area (Å²) in [6.45, 7) is 10.3. The van der Waals surface area contributed by atoms with Gasteiger partial charge in [0.1, 0.15) is 23.4 Å². The van der Waals surface area contributed by atoms with Gasteiger partial charge in [-0.2, -0.15) is 5.26 Å². The highest BCUT2D eigenvalue weighted by molar-refractivity contribution is 6.37. The maximum atomic E-state index is 12.3. The Balaban J connectivity index is 2.36. The first-order valence-electron chi connectivity index (χ1n) is 12.2. The molecule has 0 saturated heterocycles. The Morgan fingerprint density at radius 1 is 0.975 bits per heavy atom. The van der Waals surface area contributed by atoms with Crippen molar-refractivity contribution in [2.45, 2.75) is 58.8 Å². The van der Waals surface area contributed by atoms with Gasteiger partial charge in [-0.1, -0.05) is 23.2 Å². The number of nitrogens with zero attached hydrogens (tertiary/aromatic N) is 3. The molecule has 11 nitrogen and oxygen atoms in total. The molecule has 2 heterocycles. The van der Waals surface area contributed by atoms with E-state index in [0.717, 1.165) is 0 Å². The first kappa shape index (κ1) is 32.5. The minimum Gasteiger partial charge on any atom is -0.491 e. The average molecular weight is 594 g/mol. The van der Waals surface area contributed by atoms with Gasteiger partial charge in [0.25, 0.3) is 0 Å². The quantitative estimate of drug-likeness (QED) is 0.352. The van der Waals surface area contributed by atoms with Gasteiger partial charge in [0.15, 0.2) is 11.5 Å². The number of nitriles is 1. The lowest BCUT2D eigenvalue weighted by Gasteiger charge is -2.25. The number of methoxy groups -OCH3 is 1. The van der Waals surface area contributed by atoms with Crippen LogP contribution < -0.4 is 20.1 Å². The largest absolute Gasteiger partial charge is 0.491 e. The summed E-state index contributed by atoms with van der Waals surface area (Å²) in [6.07, 6.45) is 3.54. The fraction of sp³-hybridized carbons (Fsp3) is 0.444. The maximum absolute atomic E-state index is 12.3.